The third-order valence-electron chi connectivity index (χ3n) is 3.20. The number of esters is 1. The molecule has 0 saturated carbocycles. The van der Waals surface area contributed by atoms with Gasteiger partial charge in [0.25, 0.3) is 0 Å². The highest BCUT2D eigenvalue weighted by Gasteiger charge is 2.18. The maximum atomic E-state index is 11.9. The van der Waals surface area contributed by atoms with E-state index in [0.717, 1.165) is 25.9 Å². The largest absolute Gasteiger partial charge is 0.490 e. The standard InChI is InChI=1S/C15H21NO4/c1-2-18-15(17)13-9-11(16)6-7-14(13)20-10-12-5-3-4-8-19-12/h6-7,9,12H,2-5,8,10,16H2,1H3. The first-order valence-electron chi connectivity index (χ1n) is 7.01. The van der Waals surface area contributed by atoms with E-state index in [9.17, 15) is 4.79 Å². The van der Waals surface area contributed by atoms with Crippen molar-refractivity contribution in [3.63, 3.8) is 0 Å². The molecule has 0 amide bonds. The fourth-order valence-corrected chi connectivity index (χ4v) is 2.16. The van der Waals surface area contributed by atoms with E-state index in [0.29, 0.717) is 30.2 Å². The lowest BCUT2D eigenvalue weighted by Gasteiger charge is -2.23. The van der Waals surface area contributed by atoms with Crippen LogP contribution < -0.4 is 10.5 Å². The molecule has 5 nitrogen and oxygen atoms in total. The molecule has 1 heterocycles. The van der Waals surface area contributed by atoms with Gasteiger partial charge in [-0.3, -0.25) is 0 Å². The fraction of sp³-hybridized carbons (Fsp3) is 0.533. The summed E-state index contributed by atoms with van der Waals surface area (Å²) in [7, 11) is 0. The summed E-state index contributed by atoms with van der Waals surface area (Å²) in [5.74, 6) is 0.0752. The Balaban J connectivity index is 2.03. The average Bonchev–Trinajstić information content (AvgIpc) is 2.47. The zero-order valence-corrected chi connectivity index (χ0v) is 11.8. The van der Waals surface area contributed by atoms with Crippen molar-refractivity contribution in [2.75, 3.05) is 25.6 Å². The van der Waals surface area contributed by atoms with E-state index in [-0.39, 0.29) is 6.10 Å². The quantitative estimate of drug-likeness (QED) is 0.662. The summed E-state index contributed by atoms with van der Waals surface area (Å²) in [6.45, 7) is 3.30. The van der Waals surface area contributed by atoms with Gasteiger partial charge in [-0.2, -0.15) is 0 Å². The van der Waals surface area contributed by atoms with Gasteiger partial charge >= 0.3 is 5.97 Å². The van der Waals surface area contributed by atoms with Gasteiger partial charge in [0, 0.05) is 12.3 Å². The van der Waals surface area contributed by atoms with Gasteiger partial charge in [0.1, 0.15) is 17.9 Å². The van der Waals surface area contributed by atoms with E-state index in [1.54, 1.807) is 25.1 Å². The van der Waals surface area contributed by atoms with Gasteiger partial charge in [-0.25, -0.2) is 4.79 Å². The monoisotopic (exact) mass is 279 g/mol. The van der Waals surface area contributed by atoms with Crippen molar-refractivity contribution in [3.05, 3.63) is 23.8 Å². The van der Waals surface area contributed by atoms with Crippen molar-refractivity contribution >= 4 is 11.7 Å². The van der Waals surface area contributed by atoms with E-state index in [2.05, 4.69) is 0 Å². The van der Waals surface area contributed by atoms with E-state index < -0.39 is 5.97 Å². The number of carbonyl (C=O) groups excluding carboxylic acids is 1. The lowest BCUT2D eigenvalue weighted by atomic mass is 10.1. The van der Waals surface area contributed by atoms with Crippen LogP contribution in [-0.4, -0.2) is 31.9 Å². The van der Waals surface area contributed by atoms with Crippen LogP contribution in [-0.2, 0) is 9.47 Å². The van der Waals surface area contributed by atoms with E-state index in [1.165, 1.54) is 0 Å². The van der Waals surface area contributed by atoms with Crippen LogP contribution in [0.25, 0.3) is 0 Å². The second-order valence-electron chi connectivity index (χ2n) is 4.78. The molecular formula is C15H21NO4. The minimum absolute atomic E-state index is 0.0938. The summed E-state index contributed by atoms with van der Waals surface area (Å²) < 4.78 is 16.3. The topological polar surface area (TPSA) is 70.8 Å². The highest BCUT2D eigenvalue weighted by atomic mass is 16.5. The first kappa shape index (κ1) is 14.7. The SMILES string of the molecule is CCOC(=O)c1cc(N)ccc1OCC1CCCCO1. The molecule has 0 aliphatic carbocycles. The zero-order valence-electron chi connectivity index (χ0n) is 11.8. The van der Waals surface area contributed by atoms with Crippen LogP contribution in [0.5, 0.6) is 5.75 Å². The summed E-state index contributed by atoms with van der Waals surface area (Å²) in [6.07, 6.45) is 3.34. The highest BCUT2D eigenvalue weighted by Crippen LogP contribution is 2.23. The lowest BCUT2D eigenvalue weighted by Crippen LogP contribution is -2.26. The van der Waals surface area contributed by atoms with Crippen LogP contribution in [0.4, 0.5) is 5.69 Å². The summed E-state index contributed by atoms with van der Waals surface area (Å²) >= 11 is 0. The molecule has 1 aromatic carbocycles. The summed E-state index contributed by atoms with van der Waals surface area (Å²) in [5, 5.41) is 0. The fourth-order valence-electron chi connectivity index (χ4n) is 2.16. The van der Waals surface area contributed by atoms with Crippen molar-refractivity contribution in [2.45, 2.75) is 32.3 Å². The van der Waals surface area contributed by atoms with Crippen LogP contribution in [0.1, 0.15) is 36.5 Å². The summed E-state index contributed by atoms with van der Waals surface area (Å²) in [5.41, 5.74) is 6.58. The Morgan fingerprint density at radius 2 is 2.30 bits per heavy atom. The minimum atomic E-state index is -0.417. The van der Waals surface area contributed by atoms with Crippen molar-refractivity contribution in [1.29, 1.82) is 0 Å². The molecule has 1 aliphatic heterocycles. The molecule has 1 fully saturated rings. The molecule has 1 atom stereocenters. The molecule has 1 aliphatic rings. The molecule has 0 radical (unpaired) electrons. The molecule has 1 unspecified atom stereocenters. The number of benzene rings is 1. The molecule has 1 aromatic rings. The predicted octanol–water partition coefficient (Wildman–Crippen LogP) is 2.39. The Kier molecular flexibility index (Phi) is 5.24. The second kappa shape index (κ2) is 7.14. The third kappa shape index (κ3) is 3.87. The van der Waals surface area contributed by atoms with Crippen molar-refractivity contribution in [2.24, 2.45) is 0 Å². The summed E-state index contributed by atoms with van der Waals surface area (Å²) in [6, 6.07) is 4.99. The normalized spacial score (nSPS) is 18.6. The molecule has 2 rings (SSSR count). The van der Waals surface area contributed by atoms with Crippen LogP contribution in [0.3, 0.4) is 0 Å². The molecule has 0 bridgehead atoms. The maximum Gasteiger partial charge on any atom is 0.341 e. The molecule has 20 heavy (non-hydrogen) atoms. The molecule has 5 heteroatoms. The number of nitrogens with two attached hydrogens (primary N) is 1. The number of nitrogen functional groups attached to an aromatic ring is 1. The van der Waals surface area contributed by atoms with Crippen molar-refractivity contribution in [1.82, 2.24) is 0 Å². The Labute approximate surface area is 119 Å². The number of hydrogen-bond donors (Lipinski definition) is 1. The zero-order chi connectivity index (χ0) is 14.4. The predicted molar refractivity (Wildman–Crippen MR) is 75.9 cm³/mol. The van der Waals surface area contributed by atoms with Gasteiger partial charge in [-0.15, -0.1) is 0 Å². The van der Waals surface area contributed by atoms with Crippen molar-refractivity contribution < 1.29 is 19.0 Å². The lowest BCUT2D eigenvalue weighted by molar-refractivity contribution is -0.0114. The average molecular weight is 279 g/mol. The molecule has 0 spiro atoms. The Hall–Kier alpha value is -1.75. The van der Waals surface area contributed by atoms with E-state index >= 15 is 0 Å². The number of ether oxygens (including phenoxy) is 3. The first-order chi connectivity index (χ1) is 9.70. The van der Waals surface area contributed by atoms with Gasteiger partial charge in [0.2, 0.25) is 0 Å². The molecular weight excluding hydrogens is 258 g/mol. The number of carbonyl (C=O) groups is 1. The Morgan fingerprint density at radius 3 is 3.00 bits per heavy atom. The highest BCUT2D eigenvalue weighted by molar-refractivity contribution is 5.93. The third-order valence-corrected chi connectivity index (χ3v) is 3.20. The molecule has 0 aromatic heterocycles. The van der Waals surface area contributed by atoms with Crippen molar-refractivity contribution in [3.8, 4) is 5.75 Å². The van der Waals surface area contributed by atoms with Gasteiger partial charge < -0.3 is 19.9 Å². The van der Waals surface area contributed by atoms with Gasteiger partial charge in [-0.1, -0.05) is 0 Å². The molecule has 2 N–H and O–H groups in total. The van der Waals surface area contributed by atoms with Gasteiger partial charge in [0.15, 0.2) is 0 Å². The Morgan fingerprint density at radius 1 is 1.45 bits per heavy atom. The van der Waals surface area contributed by atoms with E-state index in [4.69, 9.17) is 19.9 Å². The number of rotatable bonds is 5. The minimum Gasteiger partial charge on any atom is -0.490 e. The van der Waals surface area contributed by atoms with Gasteiger partial charge in [0.05, 0.1) is 12.7 Å². The number of anilines is 1. The second-order valence-corrected chi connectivity index (χ2v) is 4.78. The Bertz CT molecular complexity index is 455. The van der Waals surface area contributed by atoms with Crippen LogP contribution in [0.15, 0.2) is 18.2 Å². The molecule has 110 valence electrons. The van der Waals surface area contributed by atoms with E-state index in [1.807, 2.05) is 0 Å². The summed E-state index contributed by atoms with van der Waals surface area (Å²) in [4.78, 5) is 11.9. The first-order valence-corrected chi connectivity index (χ1v) is 7.01. The van der Waals surface area contributed by atoms with Gasteiger partial charge in [-0.05, 0) is 44.4 Å². The van der Waals surface area contributed by atoms with Crippen LogP contribution >= 0.6 is 0 Å². The molecule has 1 saturated heterocycles. The maximum absolute atomic E-state index is 11.9. The van der Waals surface area contributed by atoms with Crippen LogP contribution in [0.2, 0.25) is 0 Å². The number of hydrogen-bond acceptors (Lipinski definition) is 5. The smallest absolute Gasteiger partial charge is 0.341 e. The van der Waals surface area contributed by atoms with Crippen LogP contribution in [0, 0.1) is 0 Å².